The van der Waals surface area contributed by atoms with E-state index in [1.807, 2.05) is 60.7 Å². The highest BCUT2D eigenvalue weighted by Crippen LogP contribution is 2.65. The van der Waals surface area contributed by atoms with Gasteiger partial charge in [-0.1, -0.05) is 68.8 Å². The molecule has 4 aliphatic carbocycles. The zero-order valence-electron chi connectivity index (χ0n) is 23.9. The molecule has 5 heteroatoms. The molecule has 0 aromatic heterocycles. The highest BCUT2D eigenvalue weighted by molar-refractivity contribution is 5.97. The summed E-state index contributed by atoms with van der Waals surface area (Å²) in [5, 5.41) is 13.5. The number of ether oxygens (including phenoxy) is 1. The van der Waals surface area contributed by atoms with Crippen LogP contribution in [0.4, 0.5) is 0 Å². The zero-order valence-corrected chi connectivity index (χ0v) is 23.9. The van der Waals surface area contributed by atoms with E-state index in [2.05, 4.69) is 25.2 Å². The molecule has 7 atom stereocenters. The third-order valence-corrected chi connectivity index (χ3v) is 11.1. The average Bonchev–Trinajstić information content (AvgIpc) is 3.37. The number of carbonyl (C=O) groups is 2. The highest BCUT2D eigenvalue weighted by Gasteiger charge is 2.57. The molecule has 210 valence electrons. The van der Waals surface area contributed by atoms with Gasteiger partial charge in [0.15, 0.2) is 0 Å². The zero-order chi connectivity index (χ0) is 28.1. The minimum absolute atomic E-state index is 0.198. The number of fused-ring (bicyclic) bond motifs is 5. The van der Waals surface area contributed by atoms with Crippen molar-refractivity contribution >= 4 is 11.9 Å². The Bertz CT molecular complexity index is 1350. The summed E-state index contributed by atoms with van der Waals surface area (Å²) in [5.74, 6) is 0.651. The number of carboxylic acid groups (broad SMARTS) is 1. The number of aliphatic carboxylic acids is 1. The van der Waals surface area contributed by atoms with E-state index in [1.54, 1.807) is 7.11 Å². The van der Waals surface area contributed by atoms with Crippen molar-refractivity contribution in [1.29, 1.82) is 0 Å². The van der Waals surface area contributed by atoms with E-state index < -0.39 is 17.9 Å². The van der Waals surface area contributed by atoms with E-state index in [9.17, 15) is 14.7 Å². The van der Waals surface area contributed by atoms with Gasteiger partial charge in [-0.3, -0.25) is 4.79 Å². The first-order valence-electron chi connectivity index (χ1n) is 14.9. The normalized spacial score (nSPS) is 33.4. The second kappa shape index (κ2) is 10.2. The maximum absolute atomic E-state index is 14.1. The van der Waals surface area contributed by atoms with Crippen molar-refractivity contribution in [2.45, 2.75) is 64.8 Å². The number of methoxy groups -OCH3 is 1. The van der Waals surface area contributed by atoms with E-state index in [0.29, 0.717) is 23.7 Å². The molecule has 5 nitrogen and oxygen atoms in total. The highest BCUT2D eigenvalue weighted by atomic mass is 16.5. The fourth-order valence-electron chi connectivity index (χ4n) is 8.89. The van der Waals surface area contributed by atoms with Crippen LogP contribution in [0.5, 0.6) is 5.75 Å². The summed E-state index contributed by atoms with van der Waals surface area (Å²) in [4.78, 5) is 26.7. The number of allylic oxidation sites excluding steroid dienone is 3. The molecule has 2 unspecified atom stereocenters. The van der Waals surface area contributed by atoms with Gasteiger partial charge >= 0.3 is 5.97 Å². The average molecular weight is 540 g/mol. The van der Waals surface area contributed by atoms with Crippen LogP contribution in [0.3, 0.4) is 0 Å². The Balaban J connectivity index is 1.33. The van der Waals surface area contributed by atoms with E-state index >= 15 is 0 Å². The molecule has 1 amide bonds. The standard InChI is InChI=1S/C35H41NO4/c1-34-18-7-10-29(34)26-16-13-24-20-27(33(38)39)28(21-35(24,2)30(26)17-19-34)32(37)36-31(22-8-5-4-6-9-22)23-11-14-25(40-3)15-12-23/h4-6,8-9,11-15,20,26,28-31H,7,10,16-19,21H2,1-3H3,(H,36,37)(H,38,39)/t26-,28?,29-,30-,31?,34-,35-/m0/s1. The molecular formula is C35H41NO4. The van der Waals surface area contributed by atoms with Gasteiger partial charge < -0.3 is 15.2 Å². The minimum atomic E-state index is -1.00. The summed E-state index contributed by atoms with van der Waals surface area (Å²) in [6.07, 6.45) is 12.1. The number of carbonyl (C=O) groups excluding carboxylic acids is 1. The van der Waals surface area contributed by atoms with Crippen molar-refractivity contribution in [2.24, 2.45) is 34.5 Å². The summed E-state index contributed by atoms with van der Waals surface area (Å²) >= 11 is 0. The van der Waals surface area contributed by atoms with Crippen LogP contribution in [0.25, 0.3) is 0 Å². The molecule has 0 bridgehead atoms. The van der Waals surface area contributed by atoms with E-state index in [-0.39, 0.29) is 16.9 Å². The molecule has 0 radical (unpaired) electrons. The van der Waals surface area contributed by atoms with Gasteiger partial charge in [0.25, 0.3) is 0 Å². The van der Waals surface area contributed by atoms with E-state index in [0.717, 1.165) is 41.2 Å². The topological polar surface area (TPSA) is 75.6 Å². The Kier molecular flexibility index (Phi) is 6.88. The Hall–Kier alpha value is -3.34. The van der Waals surface area contributed by atoms with Crippen LogP contribution in [-0.2, 0) is 9.59 Å². The van der Waals surface area contributed by atoms with Gasteiger partial charge in [-0.15, -0.1) is 0 Å². The van der Waals surface area contributed by atoms with Crippen LogP contribution in [0, 0.1) is 34.5 Å². The Morgan fingerprint density at radius 2 is 1.70 bits per heavy atom. The molecule has 0 aliphatic heterocycles. The van der Waals surface area contributed by atoms with E-state index in [4.69, 9.17) is 4.74 Å². The molecular weight excluding hydrogens is 498 g/mol. The third-order valence-electron chi connectivity index (χ3n) is 11.1. The van der Waals surface area contributed by atoms with Crippen molar-refractivity contribution in [2.75, 3.05) is 7.11 Å². The number of hydrogen-bond acceptors (Lipinski definition) is 3. The Morgan fingerprint density at radius 1 is 0.975 bits per heavy atom. The number of nitrogens with one attached hydrogen (secondary N) is 1. The summed E-state index contributed by atoms with van der Waals surface area (Å²) < 4.78 is 5.34. The van der Waals surface area contributed by atoms with Crippen LogP contribution in [-0.4, -0.2) is 24.1 Å². The largest absolute Gasteiger partial charge is 0.497 e. The van der Waals surface area contributed by atoms with Gasteiger partial charge in [0.05, 0.1) is 19.1 Å². The van der Waals surface area contributed by atoms with Gasteiger partial charge in [-0.05, 0) is 102 Å². The lowest BCUT2D eigenvalue weighted by Crippen LogP contribution is -2.50. The van der Waals surface area contributed by atoms with Crippen molar-refractivity contribution in [1.82, 2.24) is 5.32 Å². The summed E-state index contributed by atoms with van der Waals surface area (Å²) in [6, 6.07) is 17.2. The minimum Gasteiger partial charge on any atom is -0.497 e. The summed E-state index contributed by atoms with van der Waals surface area (Å²) in [6.45, 7) is 4.80. The fraction of sp³-hybridized carbons (Fsp3) is 0.486. The van der Waals surface area contributed by atoms with E-state index in [1.165, 1.54) is 25.7 Å². The molecule has 2 aromatic rings. The molecule has 2 saturated carbocycles. The Labute approximate surface area is 237 Å². The lowest BCUT2D eigenvalue weighted by atomic mass is 9.48. The van der Waals surface area contributed by atoms with Crippen molar-refractivity contribution in [3.63, 3.8) is 0 Å². The molecule has 0 heterocycles. The molecule has 2 fully saturated rings. The van der Waals surface area contributed by atoms with Crippen LogP contribution in [0.15, 0.2) is 77.9 Å². The first-order chi connectivity index (χ1) is 19.2. The van der Waals surface area contributed by atoms with Crippen LogP contribution < -0.4 is 10.1 Å². The summed E-state index contributed by atoms with van der Waals surface area (Å²) in [7, 11) is 1.63. The summed E-state index contributed by atoms with van der Waals surface area (Å²) in [5.41, 5.74) is 3.46. The van der Waals surface area contributed by atoms with Crippen molar-refractivity contribution in [3.05, 3.63) is 89.0 Å². The predicted octanol–water partition coefficient (Wildman–Crippen LogP) is 7.10. The van der Waals surface area contributed by atoms with Crippen LogP contribution >= 0.6 is 0 Å². The van der Waals surface area contributed by atoms with Crippen molar-refractivity contribution < 1.29 is 19.4 Å². The first-order valence-corrected chi connectivity index (χ1v) is 14.9. The third kappa shape index (κ3) is 4.48. The first kappa shape index (κ1) is 26.9. The van der Waals surface area contributed by atoms with Gasteiger partial charge in [0.2, 0.25) is 5.91 Å². The number of benzene rings is 2. The molecule has 0 saturated heterocycles. The number of amides is 1. The van der Waals surface area contributed by atoms with Gasteiger partial charge in [-0.2, -0.15) is 0 Å². The molecule has 6 rings (SSSR count). The number of carboxylic acids is 1. The quantitative estimate of drug-likeness (QED) is 0.411. The smallest absolute Gasteiger partial charge is 0.332 e. The second-order valence-corrected chi connectivity index (χ2v) is 13.1. The molecule has 4 aliphatic rings. The van der Waals surface area contributed by atoms with Gasteiger partial charge in [-0.25, -0.2) is 4.79 Å². The fourth-order valence-corrected chi connectivity index (χ4v) is 8.89. The second-order valence-electron chi connectivity index (χ2n) is 13.1. The molecule has 0 spiro atoms. The maximum atomic E-state index is 14.1. The number of rotatable bonds is 6. The molecule has 2 N–H and O–H groups in total. The SMILES string of the molecule is COc1ccc(C(NC(=O)C2C[C@@]3(C)C(=CC[C@H]4[C@@H]5CCC[C@@]5(C)CC[C@@H]43)C=C2C(=O)O)c2ccccc2)cc1. The molecule has 2 aromatic carbocycles. The van der Waals surface area contributed by atoms with Crippen LogP contribution in [0.2, 0.25) is 0 Å². The van der Waals surface area contributed by atoms with Gasteiger partial charge in [0.1, 0.15) is 5.75 Å². The maximum Gasteiger partial charge on any atom is 0.332 e. The lowest BCUT2D eigenvalue weighted by Gasteiger charge is -2.56. The van der Waals surface area contributed by atoms with Crippen LogP contribution in [0.1, 0.15) is 76.0 Å². The lowest BCUT2D eigenvalue weighted by molar-refractivity contribution is -0.137. The van der Waals surface area contributed by atoms with Gasteiger partial charge in [0, 0.05) is 5.57 Å². The Morgan fingerprint density at radius 3 is 2.40 bits per heavy atom. The predicted molar refractivity (Wildman–Crippen MR) is 156 cm³/mol. The number of hydrogen-bond donors (Lipinski definition) is 2. The van der Waals surface area contributed by atoms with Crippen molar-refractivity contribution in [3.8, 4) is 5.75 Å². The molecule has 40 heavy (non-hydrogen) atoms. The monoisotopic (exact) mass is 539 g/mol.